The summed E-state index contributed by atoms with van der Waals surface area (Å²) in [6, 6.07) is 9.80. The van der Waals surface area contributed by atoms with Crippen LogP contribution in [0.3, 0.4) is 0 Å². The van der Waals surface area contributed by atoms with Crippen molar-refractivity contribution in [1.29, 1.82) is 0 Å². The minimum absolute atomic E-state index is 0.0292. The predicted octanol–water partition coefficient (Wildman–Crippen LogP) is 1.19. The molecule has 0 spiro atoms. The Labute approximate surface area is 130 Å². The molecule has 3 N–H and O–H groups in total. The molecule has 0 aliphatic rings. The van der Waals surface area contributed by atoms with Crippen molar-refractivity contribution in [3.05, 3.63) is 47.3 Å². The highest BCUT2D eigenvalue weighted by molar-refractivity contribution is 7.91. The largest absolute Gasteiger partial charge is 0.452 e. The highest BCUT2D eigenvalue weighted by Crippen LogP contribution is 2.19. The maximum atomic E-state index is 11.7. The van der Waals surface area contributed by atoms with Crippen LogP contribution < -0.4 is 10.5 Å². The standard InChI is InChI=1S/C13H12N2O5S2/c14-22(18,19)12-6-9(8-21-12)13(17)20-7-11(16)15-10-4-2-1-3-5-10/h1-6,8H,7H2,(H,15,16)(H2,14,18,19). The first-order valence-electron chi connectivity index (χ1n) is 5.99. The van der Waals surface area contributed by atoms with Crippen molar-refractivity contribution in [2.24, 2.45) is 5.14 Å². The molecule has 0 atom stereocenters. The van der Waals surface area contributed by atoms with E-state index in [0.29, 0.717) is 5.69 Å². The molecule has 0 unspecified atom stereocenters. The van der Waals surface area contributed by atoms with E-state index < -0.39 is 28.5 Å². The van der Waals surface area contributed by atoms with Crippen LogP contribution in [0.25, 0.3) is 0 Å². The number of anilines is 1. The van der Waals surface area contributed by atoms with Crippen molar-refractivity contribution in [3.8, 4) is 0 Å². The van der Waals surface area contributed by atoms with Crippen LogP contribution in [0.1, 0.15) is 10.4 Å². The van der Waals surface area contributed by atoms with Gasteiger partial charge in [0.25, 0.3) is 5.91 Å². The number of benzene rings is 1. The smallest absolute Gasteiger partial charge is 0.339 e. The van der Waals surface area contributed by atoms with E-state index in [1.54, 1.807) is 30.3 Å². The van der Waals surface area contributed by atoms with Crippen LogP contribution in [0, 0.1) is 0 Å². The minimum atomic E-state index is -3.86. The number of rotatable bonds is 5. The lowest BCUT2D eigenvalue weighted by molar-refractivity contribution is -0.119. The topological polar surface area (TPSA) is 116 Å². The van der Waals surface area contributed by atoms with Gasteiger partial charge in [0, 0.05) is 11.1 Å². The quantitative estimate of drug-likeness (QED) is 0.793. The molecule has 0 saturated heterocycles. The van der Waals surface area contributed by atoms with E-state index in [0.717, 1.165) is 17.4 Å². The van der Waals surface area contributed by atoms with Gasteiger partial charge in [0.1, 0.15) is 4.21 Å². The summed E-state index contributed by atoms with van der Waals surface area (Å²) in [6.07, 6.45) is 0. The first kappa shape index (κ1) is 16.1. The predicted molar refractivity (Wildman–Crippen MR) is 81.0 cm³/mol. The fourth-order valence-electron chi connectivity index (χ4n) is 1.51. The van der Waals surface area contributed by atoms with Crippen molar-refractivity contribution in [2.45, 2.75) is 4.21 Å². The molecule has 1 heterocycles. The maximum absolute atomic E-state index is 11.7. The molecule has 2 aromatic rings. The van der Waals surface area contributed by atoms with E-state index >= 15 is 0 Å². The van der Waals surface area contributed by atoms with Gasteiger partial charge in [-0.2, -0.15) is 0 Å². The Kier molecular flexibility index (Phi) is 4.91. The van der Waals surface area contributed by atoms with E-state index in [4.69, 9.17) is 9.88 Å². The molecule has 0 aliphatic carbocycles. The number of primary sulfonamides is 1. The lowest BCUT2D eigenvalue weighted by Crippen LogP contribution is -2.20. The number of carbonyl (C=O) groups excluding carboxylic acids is 2. The Morgan fingerprint density at radius 1 is 1.23 bits per heavy atom. The fourth-order valence-corrected chi connectivity index (χ4v) is 3.08. The Morgan fingerprint density at radius 3 is 2.50 bits per heavy atom. The first-order chi connectivity index (χ1) is 10.4. The number of carbonyl (C=O) groups is 2. The number of hydrogen-bond acceptors (Lipinski definition) is 6. The summed E-state index contributed by atoms with van der Waals surface area (Å²) in [6.45, 7) is -0.478. The average molecular weight is 340 g/mol. The van der Waals surface area contributed by atoms with Gasteiger partial charge in [-0.15, -0.1) is 11.3 Å². The summed E-state index contributed by atoms with van der Waals surface area (Å²) in [7, 11) is -3.86. The molecule has 0 bridgehead atoms. The van der Waals surface area contributed by atoms with Crippen LogP contribution in [-0.4, -0.2) is 26.9 Å². The second kappa shape index (κ2) is 6.69. The van der Waals surface area contributed by atoms with Gasteiger partial charge in [-0.3, -0.25) is 4.79 Å². The zero-order valence-electron chi connectivity index (χ0n) is 11.2. The van der Waals surface area contributed by atoms with Crippen molar-refractivity contribution in [1.82, 2.24) is 0 Å². The molecule has 22 heavy (non-hydrogen) atoms. The number of hydrogen-bond donors (Lipinski definition) is 2. The number of ether oxygens (including phenoxy) is 1. The lowest BCUT2D eigenvalue weighted by Gasteiger charge is -2.05. The van der Waals surface area contributed by atoms with Gasteiger partial charge >= 0.3 is 5.97 Å². The molecule has 116 valence electrons. The van der Waals surface area contributed by atoms with Crippen LogP contribution in [0.4, 0.5) is 5.69 Å². The molecule has 0 saturated carbocycles. The second-order valence-corrected chi connectivity index (χ2v) is 6.89. The van der Waals surface area contributed by atoms with E-state index in [1.165, 1.54) is 5.38 Å². The molecule has 9 heteroatoms. The third-order valence-electron chi connectivity index (χ3n) is 2.48. The highest BCUT2D eigenvalue weighted by Gasteiger charge is 2.17. The van der Waals surface area contributed by atoms with Crippen molar-refractivity contribution in [3.63, 3.8) is 0 Å². The number of sulfonamides is 1. The second-order valence-electron chi connectivity index (χ2n) is 4.19. The normalized spacial score (nSPS) is 11.0. The molecule has 0 aliphatic heterocycles. The Balaban J connectivity index is 1.90. The highest BCUT2D eigenvalue weighted by atomic mass is 32.2. The number of nitrogens with one attached hydrogen (secondary N) is 1. The third-order valence-corrected chi connectivity index (χ3v) is 4.87. The molecule has 1 amide bonds. The van der Waals surface area contributed by atoms with Crippen LogP contribution >= 0.6 is 11.3 Å². The lowest BCUT2D eigenvalue weighted by atomic mass is 10.3. The summed E-state index contributed by atoms with van der Waals surface area (Å²) in [5.41, 5.74) is 0.608. The fraction of sp³-hybridized carbons (Fsp3) is 0.0769. The number of esters is 1. The van der Waals surface area contributed by atoms with Crippen LogP contribution in [0.15, 0.2) is 46.0 Å². The average Bonchev–Trinajstić information content (AvgIpc) is 2.96. The van der Waals surface area contributed by atoms with E-state index in [9.17, 15) is 18.0 Å². The number of amides is 1. The Bertz CT molecular complexity index is 784. The summed E-state index contributed by atoms with van der Waals surface area (Å²) < 4.78 is 26.9. The van der Waals surface area contributed by atoms with Crippen molar-refractivity contribution >= 4 is 38.9 Å². The zero-order valence-corrected chi connectivity index (χ0v) is 12.8. The van der Waals surface area contributed by atoms with Crippen LogP contribution in [0.5, 0.6) is 0 Å². The van der Waals surface area contributed by atoms with E-state index in [1.807, 2.05) is 0 Å². The summed E-state index contributed by atoms with van der Waals surface area (Å²) in [5, 5.41) is 8.80. The molecular weight excluding hydrogens is 328 g/mol. The third kappa shape index (κ3) is 4.38. The molecule has 2 rings (SSSR count). The van der Waals surface area contributed by atoms with Gasteiger partial charge in [0.15, 0.2) is 6.61 Å². The van der Waals surface area contributed by atoms with Gasteiger partial charge in [-0.1, -0.05) is 18.2 Å². The number of para-hydroxylation sites is 1. The van der Waals surface area contributed by atoms with Crippen LogP contribution in [0.2, 0.25) is 0 Å². The maximum Gasteiger partial charge on any atom is 0.339 e. The van der Waals surface area contributed by atoms with Crippen molar-refractivity contribution < 1.29 is 22.7 Å². The molecule has 1 aromatic heterocycles. The molecular formula is C13H12N2O5S2. The first-order valence-corrected chi connectivity index (χ1v) is 8.42. The molecule has 1 aromatic carbocycles. The Hall–Kier alpha value is -2.23. The molecule has 7 nitrogen and oxygen atoms in total. The SMILES string of the molecule is NS(=O)(=O)c1cc(C(=O)OCC(=O)Nc2ccccc2)cs1. The number of nitrogens with two attached hydrogens (primary N) is 1. The van der Waals surface area contributed by atoms with Gasteiger partial charge in [-0.05, 0) is 18.2 Å². The zero-order chi connectivity index (χ0) is 16.2. The van der Waals surface area contributed by atoms with Gasteiger partial charge < -0.3 is 10.1 Å². The van der Waals surface area contributed by atoms with Crippen molar-refractivity contribution in [2.75, 3.05) is 11.9 Å². The van der Waals surface area contributed by atoms with Gasteiger partial charge in [0.05, 0.1) is 5.56 Å². The molecule has 0 radical (unpaired) electrons. The summed E-state index contributed by atoms with van der Waals surface area (Å²) >= 11 is 0.807. The van der Waals surface area contributed by atoms with Gasteiger partial charge in [-0.25, -0.2) is 18.4 Å². The van der Waals surface area contributed by atoms with E-state index in [2.05, 4.69) is 5.32 Å². The summed E-state index contributed by atoms with van der Waals surface area (Å²) in [5.74, 6) is -1.30. The monoisotopic (exact) mass is 340 g/mol. The Morgan fingerprint density at radius 2 is 1.91 bits per heavy atom. The summed E-state index contributed by atoms with van der Waals surface area (Å²) in [4.78, 5) is 23.3. The number of thiophene rings is 1. The van der Waals surface area contributed by atoms with E-state index in [-0.39, 0.29) is 9.77 Å². The molecule has 0 fully saturated rings. The van der Waals surface area contributed by atoms with Crippen LogP contribution in [-0.2, 0) is 19.6 Å². The minimum Gasteiger partial charge on any atom is -0.452 e. The van der Waals surface area contributed by atoms with Gasteiger partial charge in [0.2, 0.25) is 10.0 Å².